The lowest BCUT2D eigenvalue weighted by Gasteiger charge is -2.48. The highest BCUT2D eigenvalue weighted by molar-refractivity contribution is 5.00. The van der Waals surface area contributed by atoms with Crippen LogP contribution in [0.1, 0.15) is 52.9 Å². The van der Waals surface area contributed by atoms with Crippen LogP contribution in [0.25, 0.3) is 0 Å². The third kappa shape index (κ3) is 2.68. The molecule has 100 valence electrons. The lowest BCUT2D eigenvalue weighted by Crippen LogP contribution is -2.56. The van der Waals surface area contributed by atoms with Gasteiger partial charge in [-0.25, -0.2) is 0 Å². The minimum Gasteiger partial charge on any atom is -0.329 e. The first-order valence-corrected chi connectivity index (χ1v) is 7.54. The number of likely N-dealkylation sites (tertiary alicyclic amines) is 1. The monoisotopic (exact) mass is 238 g/mol. The molecule has 2 heteroatoms. The molecular weight excluding hydrogens is 208 g/mol. The molecule has 0 aromatic rings. The summed E-state index contributed by atoms with van der Waals surface area (Å²) < 4.78 is 0. The first-order chi connectivity index (χ1) is 8.09. The molecule has 2 rings (SSSR count). The maximum Gasteiger partial charge on any atom is 0.0336 e. The van der Waals surface area contributed by atoms with Crippen LogP contribution in [-0.2, 0) is 0 Å². The van der Waals surface area contributed by atoms with Crippen molar-refractivity contribution in [3.8, 4) is 0 Å². The third-order valence-electron chi connectivity index (χ3n) is 5.18. The van der Waals surface area contributed by atoms with Gasteiger partial charge in [-0.2, -0.15) is 0 Å². The molecule has 0 aromatic carbocycles. The molecule has 0 spiro atoms. The molecule has 2 fully saturated rings. The lowest BCUT2D eigenvalue weighted by atomic mass is 9.71. The molecule has 1 aliphatic carbocycles. The molecule has 2 nitrogen and oxygen atoms in total. The van der Waals surface area contributed by atoms with Crippen molar-refractivity contribution in [2.75, 3.05) is 19.6 Å². The van der Waals surface area contributed by atoms with E-state index in [9.17, 15) is 0 Å². The van der Waals surface area contributed by atoms with E-state index in [2.05, 4.69) is 25.7 Å². The minimum atomic E-state index is 0.334. The predicted octanol–water partition coefficient (Wildman–Crippen LogP) is 2.87. The molecule has 1 saturated heterocycles. The Labute approximate surface area is 107 Å². The van der Waals surface area contributed by atoms with Crippen molar-refractivity contribution in [1.82, 2.24) is 4.90 Å². The quantitative estimate of drug-likeness (QED) is 0.819. The molecule has 1 saturated carbocycles. The zero-order chi connectivity index (χ0) is 12.5. The highest BCUT2D eigenvalue weighted by Crippen LogP contribution is 2.41. The molecule has 2 N–H and O–H groups in total. The van der Waals surface area contributed by atoms with Crippen molar-refractivity contribution in [2.45, 2.75) is 58.4 Å². The fourth-order valence-corrected chi connectivity index (χ4v) is 4.38. The maximum absolute atomic E-state index is 6.19. The summed E-state index contributed by atoms with van der Waals surface area (Å²) in [6.45, 7) is 10.6. The summed E-state index contributed by atoms with van der Waals surface area (Å²) in [7, 11) is 0. The Morgan fingerprint density at radius 2 is 1.88 bits per heavy atom. The molecule has 1 aliphatic heterocycles. The van der Waals surface area contributed by atoms with Crippen LogP contribution in [0.2, 0.25) is 0 Å². The van der Waals surface area contributed by atoms with Crippen molar-refractivity contribution in [3.05, 3.63) is 0 Å². The van der Waals surface area contributed by atoms with Gasteiger partial charge in [-0.3, -0.25) is 4.90 Å². The van der Waals surface area contributed by atoms with Crippen molar-refractivity contribution >= 4 is 0 Å². The summed E-state index contributed by atoms with van der Waals surface area (Å²) in [5.41, 5.74) is 6.52. The number of nitrogens with two attached hydrogens (primary N) is 1. The van der Waals surface area contributed by atoms with Gasteiger partial charge in [0, 0.05) is 18.6 Å². The Balaban J connectivity index is 2.08. The zero-order valence-electron chi connectivity index (χ0n) is 11.9. The van der Waals surface area contributed by atoms with Crippen LogP contribution in [0.4, 0.5) is 0 Å². The lowest BCUT2D eigenvalue weighted by molar-refractivity contribution is 0.0342. The summed E-state index contributed by atoms with van der Waals surface area (Å²) in [6.07, 6.45) is 6.77. The van der Waals surface area contributed by atoms with Crippen molar-refractivity contribution in [1.29, 1.82) is 0 Å². The fraction of sp³-hybridized carbons (Fsp3) is 1.00. The molecule has 17 heavy (non-hydrogen) atoms. The smallest absolute Gasteiger partial charge is 0.0336 e. The third-order valence-corrected chi connectivity index (χ3v) is 5.18. The summed E-state index contributed by atoms with van der Waals surface area (Å²) in [4.78, 5) is 2.74. The first-order valence-electron chi connectivity index (χ1n) is 7.54. The van der Waals surface area contributed by atoms with Crippen LogP contribution in [-0.4, -0.2) is 30.1 Å². The average Bonchev–Trinajstić information content (AvgIpc) is 2.76. The topological polar surface area (TPSA) is 29.3 Å². The molecule has 1 heterocycles. The van der Waals surface area contributed by atoms with Crippen LogP contribution in [0.15, 0.2) is 0 Å². The molecule has 2 aliphatic rings. The standard InChI is InChI=1S/C15H30N2/c1-4-14-5-6-17(10-14)15(11-16)8-12(2)7-13(3)9-15/h12-14H,4-11,16H2,1-3H3. The van der Waals surface area contributed by atoms with E-state index in [1.54, 1.807) is 0 Å². The van der Waals surface area contributed by atoms with Gasteiger partial charge in [0.2, 0.25) is 0 Å². The molecule has 0 radical (unpaired) electrons. The summed E-state index contributed by atoms with van der Waals surface area (Å²) in [6, 6.07) is 0. The predicted molar refractivity (Wildman–Crippen MR) is 73.9 cm³/mol. The average molecular weight is 238 g/mol. The van der Waals surface area contributed by atoms with Gasteiger partial charge in [-0.1, -0.05) is 27.2 Å². The van der Waals surface area contributed by atoms with Gasteiger partial charge in [0.25, 0.3) is 0 Å². The van der Waals surface area contributed by atoms with E-state index in [1.165, 1.54) is 45.2 Å². The highest BCUT2D eigenvalue weighted by atomic mass is 15.2. The van der Waals surface area contributed by atoms with Crippen LogP contribution in [0.3, 0.4) is 0 Å². The van der Waals surface area contributed by atoms with Crippen LogP contribution in [0.5, 0.6) is 0 Å². The molecule has 3 atom stereocenters. The van der Waals surface area contributed by atoms with Gasteiger partial charge in [0.05, 0.1) is 0 Å². The first kappa shape index (κ1) is 13.4. The van der Waals surface area contributed by atoms with Gasteiger partial charge >= 0.3 is 0 Å². The molecule has 3 unspecified atom stereocenters. The molecule has 0 amide bonds. The number of nitrogens with zero attached hydrogens (tertiary/aromatic N) is 1. The molecule has 0 bridgehead atoms. The normalized spacial score (nSPS) is 44.1. The summed E-state index contributed by atoms with van der Waals surface area (Å²) in [5, 5.41) is 0. The molecule has 0 aromatic heterocycles. The van der Waals surface area contributed by atoms with Crippen molar-refractivity contribution in [2.24, 2.45) is 23.5 Å². The van der Waals surface area contributed by atoms with Crippen LogP contribution < -0.4 is 5.73 Å². The van der Waals surface area contributed by atoms with Crippen molar-refractivity contribution in [3.63, 3.8) is 0 Å². The van der Waals surface area contributed by atoms with Gasteiger partial charge < -0.3 is 5.73 Å². The number of hydrogen-bond donors (Lipinski definition) is 1. The van der Waals surface area contributed by atoms with E-state index in [0.717, 1.165) is 24.3 Å². The van der Waals surface area contributed by atoms with E-state index in [0.29, 0.717) is 5.54 Å². The number of hydrogen-bond acceptors (Lipinski definition) is 2. The molecular formula is C15H30N2. The Hall–Kier alpha value is -0.0800. The van der Waals surface area contributed by atoms with Gasteiger partial charge in [-0.05, 0) is 50.0 Å². The second-order valence-electron chi connectivity index (χ2n) is 6.79. The largest absolute Gasteiger partial charge is 0.329 e. The van der Waals surface area contributed by atoms with E-state index in [4.69, 9.17) is 5.73 Å². The van der Waals surface area contributed by atoms with Crippen LogP contribution in [0, 0.1) is 17.8 Å². The Kier molecular flexibility index (Phi) is 4.14. The summed E-state index contributed by atoms with van der Waals surface area (Å²) >= 11 is 0. The maximum atomic E-state index is 6.19. The van der Waals surface area contributed by atoms with Crippen molar-refractivity contribution < 1.29 is 0 Å². The van der Waals surface area contributed by atoms with E-state index >= 15 is 0 Å². The van der Waals surface area contributed by atoms with E-state index in [-0.39, 0.29) is 0 Å². The Morgan fingerprint density at radius 3 is 2.35 bits per heavy atom. The summed E-state index contributed by atoms with van der Waals surface area (Å²) in [5.74, 6) is 2.62. The van der Waals surface area contributed by atoms with Gasteiger partial charge in [-0.15, -0.1) is 0 Å². The second kappa shape index (κ2) is 5.27. The second-order valence-corrected chi connectivity index (χ2v) is 6.79. The van der Waals surface area contributed by atoms with Gasteiger partial charge in [0.1, 0.15) is 0 Å². The fourth-order valence-electron chi connectivity index (χ4n) is 4.38. The van der Waals surface area contributed by atoms with Crippen LogP contribution >= 0.6 is 0 Å². The highest BCUT2D eigenvalue weighted by Gasteiger charge is 2.43. The number of rotatable bonds is 3. The SMILES string of the molecule is CCC1CCN(C2(CN)CC(C)CC(C)C2)C1. The Morgan fingerprint density at radius 1 is 1.24 bits per heavy atom. The Bertz CT molecular complexity index is 241. The van der Waals surface area contributed by atoms with E-state index < -0.39 is 0 Å². The van der Waals surface area contributed by atoms with Gasteiger partial charge in [0.15, 0.2) is 0 Å². The van der Waals surface area contributed by atoms with E-state index in [1.807, 2.05) is 0 Å². The zero-order valence-corrected chi connectivity index (χ0v) is 11.9. The minimum absolute atomic E-state index is 0.334.